The maximum atomic E-state index is 5.38. The van der Waals surface area contributed by atoms with E-state index in [2.05, 4.69) is 9.97 Å². The summed E-state index contributed by atoms with van der Waals surface area (Å²) in [6.07, 6.45) is 2.39. The molecule has 1 aromatic heterocycles. The third kappa shape index (κ3) is 1.38. The number of nitrogens with two attached hydrogens (primary N) is 1. The molecular formula is C6H9N3. The average molecular weight is 123 g/mol. The van der Waals surface area contributed by atoms with E-state index in [0.717, 1.165) is 12.1 Å². The number of anilines is 1. The van der Waals surface area contributed by atoms with Crippen molar-refractivity contribution in [3.63, 3.8) is 0 Å². The van der Waals surface area contributed by atoms with Crippen LogP contribution in [0.3, 0.4) is 0 Å². The summed E-state index contributed by atoms with van der Waals surface area (Å²) in [4.78, 5) is 7.72. The quantitative estimate of drug-likeness (QED) is 0.595. The van der Waals surface area contributed by atoms with Crippen LogP contribution >= 0.6 is 0 Å². The van der Waals surface area contributed by atoms with Crippen molar-refractivity contribution in [2.45, 2.75) is 13.3 Å². The van der Waals surface area contributed by atoms with Gasteiger partial charge in [0.2, 0.25) is 0 Å². The van der Waals surface area contributed by atoms with Gasteiger partial charge in [0.05, 0.1) is 0 Å². The monoisotopic (exact) mass is 123 g/mol. The lowest BCUT2D eigenvalue weighted by molar-refractivity contribution is 1.00. The number of nitrogens with zero attached hydrogens (tertiary/aromatic N) is 2. The van der Waals surface area contributed by atoms with E-state index in [0.29, 0.717) is 5.82 Å². The molecule has 9 heavy (non-hydrogen) atoms. The van der Waals surface area contributed by atoms with E-state index < -0.39 is 0 Å². The van der Waals surface area contributed by atoms with E-state index in [1.165, 1.54) is 6.33 Å². The number of nitrogen functional groups attached to an aromatic ring is 1. The molecule has 0 fully saturated rings. The van der Waals surface area contributed by atoms with Crippen molar-refractivity contribution in [3.05, 3.63) is 18.1 Å². The number of aromatic nitrogens is 2. The van der Waals surface area contributed by atoms with E-state index in [-0.39, 0.29) is 0 Å². The molecule has 48 valence electrons. The molecule has 3 nitrogen and oxygen atoms in total. The number of aryl methyl sites for hydroxylation is 1. The fourth-order valence-corrected chi connectivity index (χ4v) is 0.608. The van der Waals surface area contributed by atoms with Gasteiger partial charge in [-0.15, -0.1) is 0 Å². The summed E-state index contributed by atoms with van der Waals surface area (Å²) in [7, 11) is 0. The Morgan fingerprint density at radius 2 is 2.33 bits per heavy atom. The van der Waals surface area contributed by atoms with Crippen LogP contribution in [0.2, 0.25) is 0 Å². The second-order valence-electron chi connectivity index (χ2n) is 1.79. The van der Waals surface area contributed by atoms with Crippen molar-refractivity contribution in [1.82, 2.24) is 9.97 Å². The average Bonchev–Trinajstić information content (AvgIpc) is 1.88. The topological polar surface area (TPSA) is 51.8 Å². The standard InChI is InChI=1S/C6H9N3/c1-2-5-3-6(7)9-4-8-5/h3-4H,2H2,1H3,(H2,7,8,9). The third-order valence-corrected chi connectivity index (χ3v) is 1.11. The van der Waals surface area contributed by atoms with Gasteiger partial charge in [-0.25, -0.2) is 9.97 Å². The van der Waals surface area contributed by atoms with Gasteiger partial charge in [0.1, 0.15) is 12.1 Å². The van der Waals surface area contributed by atoms with Gasteiger partial charge in [-0.05, 0) is 6.42 Å². The third-order valence-electron chi connectivity index (χ3n) is 1.11. The molecule has 0 aromatic carbocycles. The minimum Gasteiger partial charge on any atom is -0.384 e. The van der Waals surface area contributed by atoms with E-state index in [1.807, 2.05) is 6.92 Å². The van der Waals surface area contributed by atoms with Gasteiger partial charge >= 0.3 is 0 Å². The Hall–Kier alpha value is -1.12. The van der Waals surface area contributed by atoms with Crippen molar-refractivity contribution >= 4 is 5.82 Å². The SMILES string of the molecule is CCc1cc(N)ncn1. The van der Waals surface area contributed by atoms with Gasteiger partial charge in [-0.3, -0.25) is 0 Å². The van der Waals surface area contributed by atoms with Crippen LogP contribution in [0, 0.1) is 0 Å². The van der Waals surface area contributed by atoms with Crippen molar-refractivity contribution in [1.29, 1.82) is 0 Å². The summed E-state index contributed by atoms with van der Waals surface area (Å²) in [5.74, 6) is 0.543. The Morgan fingerprint density at radius 1 is 1.56 bits per heavy atom. The zero-order valence-electron chi connectivity index (χ0n) is 5.33. The predicted octanol–water partition coefficient (Wildman–Crippen LogP) is 0.621. The lowest BCUT2D eigenvalue weighted by Crippen LogP contribution is -1.93. The van der Waals surface area contributed by atoms with Crippen molar-refractivity contribution < 1.29 is 0 Å². The van der Waals surface area contributed by atoms with Crippen LogP contribution in [0.4, 0.5) is 5.82 Å². The highest BCUT2D eigenvalue weighted by molar-refractivity contribution is 5.27. The van der Waals surface area contributed by atoms with E-state index >= 15 is 0 Å². The zero-order valence-corrected chi connectivity index (χ0v) is 5.33. The number of rotatable bonds is 1. The maximum absolute atomic E-state index is 5.38. The molecule has 0 atom stereocenters. The molecule has 0 bridgehead atoms. The second kappa shape index (κ2) is 2.44. The molecule has 0 aliphatic rings. The first-order chi connectivity index (χ1) is 4.33. The number of hydrogen-bond donors (Lipinski definition) is 1. The molecule has 0 aliphatic heterocycles. The fourth-order valence-electron chi connectivity index (χ4n) is 0.608. The van der Waals surface area contributed by atoms with E-state index in [1.54, 1.807) is 6.07 Å². The van der Waals surface area contributed by atoms with Crippen molar-refractivity contribution in [3.8, 4) is 0 Å². The van der Waals surface area contributed by atoms with Crippen LogP contribution in [-0.4, -0.2) is 9.97 Å². The van der Waals surface area contributed by atoms with Crippen LogP contribution in [0.25, 0.3) is 0 Å². The van der Waals surface area contributed by atoms with Gasteiger partial charge in [0, 0.05) is 11.8 Å². The normalized spacial score (nSPS) is 9.44. The summed E-state index contributed by atoms with van der Waals surface area (Å²) in [6.45, 7) is 2.03. The first kappa shape index (κ1) is 6.01. The summed E-state index contributed by atoms with van der Waals surface area (Å²) in [5, 5.41) is 0. The largest absolute Gasteiger partial charge is 0.384 e. The molecule has 0 radical (unpaired) electrons. The number of hydrogen-bond acceptors (Lipinski definition) is 3. The molecule has 1 aromatic rings. The highest BCUT2D eigenvalue weighted by atomic mass is 14.9. The summed E-state index contributed by atoms with van der Waals surface area (Å²) in [6, 6.07) is 1.78. The highest BCUT2D eigenvalue weighted by Crippen LogP contribution is 1.97. The first-order valence-electron chi connectivity index (χ1n) is 2.89. The minimum atomic E-state index is 0.543. The van der Waals surface area contributed by atoms with Crippen LogP contribution in [-0.2, 0) is 6.42 Å². The summed E-state index contributed by atoms with van der Waals surface area (Å²) in [5.41, 5.74) is 6.37. The van der Waals surface area contributed by atoms with Crippen LogP contribution in [0.15, 0.2) is 12.4 Å². The summed E-state index contributed by atoms with van der Waals surface area (Å²) < 4.78 is 0. The first-order valence-corrected chi connectivity index (χ1v) is 2.89. The van der Waals surface area contributed by atoms with Crippen LogP contribution in [0.5, 0.6) is 0 Å². The van der Waals surface area contributed by atoms with Gasteiger partial charge in [-0.1, -0.05) is 6.92 Å². The predicted molar refractivity (Wildman–Crippen MR) is 35.8 cm³/mol. The molecule has 0 saturated carbocycles. The Kier molecular flexibility index (Phi) is 1.63. The summed E-state index contributed by atoms with van der Waals surface area (Å²) >= 11 is 0. The minimum absolute atomic E-state index is 0.543. The van der Waals surface area contributed by atoms with Gasteiger partial charge in [-0.2, -0.15) is 0 Å². The highest BCUT2D eigenvalue weighted by Gasteiger charge is 1.89. The molecule has 1 rings (SSSR count). The Balaban J connectivity index is 2.94. The molecule has 0 aliphatic carbocycles. The van der Waals surface area contributed by atoms with Crippen LogP contribution in [0.1, 0.15) is 12.6 Å². The van der Waals surface area contributed by atoms with Crippen LogP contribution < -0.4 is 5.73 Å². The van der Waals surface area contributed by atoms with Crippen molar-refractivity contribution in [2.24, 2.45) is 0 Å². The molecule has 0 amide bonds. The molecule has 0 spiro atoms. The molecule has 3 heteroatoms. The molecule has 0 unspecified atom stereocenters. The second-order valence-corrected chi connectivity index (χ2v) is 1.79. The Labute approximate surface area is 53.9 Å². The van der Waals surface area contributed by atoms with Gasteiger partial charge in [0.15, 0.2) is 0 Å². The van der Waals surface area contributed by atoms with Crippen molar-refractivity contribution in [2.75, 3.05) is 5.73 Å². The Morgan fingerprint density at radius 3 is 2.78 bits per heavy atom. The molecular weight excluding hydrogens is 114 g/mol. The van der Waals surface area contributed by atoms with Gasteiger partial charge < -0.3 is 5.73 Å². The zero-order chi connectivity index (χ0) is 6.69. The van der Waals surface area contributed by atoms with E-state index in [9.17, 15) is 0 Å². The molecule has 0 saturated heterocycles. The smallest absolute Gasteiger partial charge is 0.126 e. The maximum Gasteiger partial charge on any atom is 0.126 e. The van der Waals surface area contributed by atoms with Gasteiger partial charge in [0.25, 0.3) is 0 Å². The molecule has 1 heterocycles. The molecule has 2 N–H and O–H groups in total. The van der Waals surface area contributed by atoms with E-state index in [4.69, 9.17) is 5.73 Å². The fraction of sp³-hybridized carbons (Fsp3) is 0.333. The Bertz CT molecular complexity index is 197. The lowest BCUT2D eigenvalue weighted by atomic mass is 10.3. The lowest BCUT2D eigenvalue weighted by Gasteiger charge is -1.93.